The van der Waals surface area contributed by atoms with E-state index >= 15 is 0 Å². The lowest BCUT2D eigenvalue weighted by atomic mass is 9.94. The van der Waals surface area contributed by atoms with Gasteiger partial charge in [-0.3, -0.25) is 0 Å². The van der Waals surface area contributed by atoms with Gasteiger partial charge in [0.1, 0.15) is 0 Å². The zero-order valence-corrected chi connectivity index (χ0v) is 19.5. The van der Waals surface area contributed by atoms with Crippen LogP contribution in [-0.2, 0) is 18.9 Å². The summed E-state index contributed by atoms with van der Waals surface area (Å²) in [5, 5.41) is 0. The fourth-order valence-corrected chi connectivity index (χ4v) is 3.75. The maximum absolute atomic E-state index is 5.76. The normalized spacial score (nSPS) is 34.9. The third-order valence-electron chi connectivity index (χ3n) is 5.41. The lowest BCUT2D eigenvalue weighted by Gasteiger charge is -2.37. The number of hydrogen-bond acceptors (Lipinski definition) is 4. The molecule has 2 rings (SSSR count). The fraction of sp³-hybridized carbons (Fsp3) is 1.00. The van der Waals surface area contributed by atoms with E-state index in [0.717, 1.165) is 19.3 Å². The standard InChI is InChI=1S/C12H24O2.C11H22O2/c1-8(2)6-11-7-12(9(3)4)14-10(5)13-11;1-7(2)10-6-11(8(3)4)13-9(5)12-10/h8-12H,6-7H2,1-5H3;7-11H,6H2,1-5H3. The molecular formula is C23H46O4. The van der Waals surface area contributed by atoms with Gasteiger partial charge in [0.05, 0.1) is 24.4 Å². The molecule has 2 aliphatic heterocycles. The van der Waals surface area contributed by atoms with Crippen LogP contribution in [0.1, 0.15) is 88.5 Å². The first-order chi connectivity index (χ1) is 12.5. The maximum atomic E-state index is 5.76. The highest BCUT2D eigenvalue weighted by molar-refractivity contribution is 4.76. The second-order valence-corrected chi connectivity index (χ2v) is 9.75. The van der Waals surface area contributed by atoms with Crippen molar-refractivity contribution in [1.82, 2.24) is 0 Å². The van der Waals surface area contributed by atoms with Gasteiger partial charge < -0.3 is 18.9 Å². The van der Waals surface area contributed by atoms with Crippen LogP contribution in [0.2, 0.25) is 0 Å². The van der Waals surface area contributed by atoms with E-state index in [-0.39, 0.29) is 12.6 Å². The highest BCUT2D eigenvalue weighted by Gasteiger charge is 2.31. The zero-order valence-electron chi connectivity index (χ0n) is 19.5. The van der Waals surface area contributed by atoms with Crippen molar-refractivity contribution in [2.24, 2.45) is 23.7 Å². The Morgan fingerprint density at radius 3 is 1.33 bits per heavy atom. The minimum Gasteiger partial charge on any atom is -0.350 e. The van der Waals surface area contributed by atoms with Crippen LogP contribution in [0, 0.1) is 23.7 Å². The summed E-state index contributed by atoms with van der Waals surface area (Å²) in [6, 6.07) is 0. The largest absolute Gasteiger partial charge is 0.350 e. The van der Waals surface area contributed by atoms with Crippen molar-refractivity contribution in [3.05, 3.63) is 0 Å². The molecule has 0 saturated carbocycles. The highest BCUT2D eigenvalue weighted by atomic mass is 16.7. The van der Waals surface area contributed by atoms with E-state index in [1.165, 1.54) is 0 Å². The summed E-state index contributed by atoms with van der Waals surface area (Å²) in [6.07, 6.45) is 4.70. The molecular weight excluding hydrogens is 340 g/mol. The lowest BCUT2D eigenvalue weighted by Crippen LogP contribution is -2.41. The molecule has 0 aromatic carbocycles. The summed E-state index contributed by atoms with van der Waals surface area (Å²) in [5.41, 5.74) is 0. The van der Waals surface area contributed by atoms with Crippen LogP contribution >= 0.6 is 0 Å². The van der Waals surface area contributed by atoms with Gasteiger partial charge in [-0.15, -0.1) is 0 Å². The van der Waals surface area contributed by atoms with Gasteiger partial charge in [0.15, 0.2) is 12.6 Å². The molecule has 0 N–H and O–H groups in total. The van der Waals surface area contributed by atoms with Crippen molar-refractivity contribution in [2.45, 2.75) is 125 Å². The van der Waals surface area contributed by atoms with Gasteiger partial charge in [-0.1, -0.05) is 55.4 Å². The molecule has 0 spiro atoms. The quantitative estimate of drug-likeness (QED) is 0.578. The molecule has 0 aromatic heterocycles. The Balaban J connectivity index is 0.000000271. The van der Waals surface area contributed by atoms with Crippen molar-refractivity contribution in [3.63, 3.8) is 0 Å². The highest BCUT2D eigenvalue weighted by Crippen LogP contribution is 2.28. The summed E-state index contributed by atoms with van der Waals surface area (Å²) in [5.74, 6) is 2.48. The second kappa shape index (κ2) is 11.7. The molecule has 2 aliphatic rings. The Labute approximate surface area is 168 Å². The van der Waals surface area contributed by atoms with E-state index in [2.05, 4.69) is 55.4 Å². The minimum atomic E-state index is -0.0338. The van der Waals surface area contributed by atoms with Gasteiger partial charge in [-0.05, 0) is 43.9 Å². The molecule has 0 amide bonds. The molecule has 5 unspecified atom stereocenters. The predicted octanol–water partition coefficient (Wildman–Crippen LogP) is 6.03. The Morgan fingerprint density at radius 1 is 0.593 bits per heavy atom. The molecule has 4 nitrogen and oxygen atoms in total. The molecule has 162 valence electrons. The van der Waals surface area contributed by atoms with E-state index in [9.17, 15) is 0 Å². The van der Waals surface area contributed by atoms with Crippen LogP contribution in [0.5, 0.6) is 0 Å². The second-order valence-electron chi connectivity index (χ2n) is 9.75. The average molecular weight is 387 g/mol. The number of ether oxygens (including phenoxy) is 4. The lowest BCUT2D eigenvalue weighted by molar-refractivity contribution is -0.250. The molecule has 0 aromatic rings. The van der Waals surface area contributed by atoms with E-state index in [4.69, 9.17) is 18.9 Å². The molecule has 0 aliphatic carbocycles. The zero-order chi connectivity index (χ0) is 20.7. The molecule has 4 heteroatoms. The SMILES string of the molecule is CC(C)CC1CC(C(C)C)OC(C)O1.CC1OC(C(C)C)CC(C(C)C)O1. The van der Waals surface area contributed by atoms with Gasteiger partial charge in [0.25, 0.3) is 0 Å². The van der Waals surface area contributed by atoms with Crippen LogP contribution in [0.3, 0.4) is 0 Å². The third kappa shape index (κ3) is 9.25. The van der Waals surface area contributed by atoms with Crippen molar-refractivity contribution in [3.8, 4) is 0 Å². The minimum absolute atomic E-state index is 0.0279. The maximum Gasteiger partial charge on any atom is 0.155 e. The molecule has 2 saturated heterocycles. The van der Waals surface area contributed by atoms with Crippen molar-refractivity contribution in [2.75, 3.05) is 0 Å². The number of rotatable bonds is 5. The summed E-state index contributed by atoms with van der Waals surface area (Å²) in [6.45, 7) is 21.7. The Kier molecular flexibility index (Phi) is 10.8. The first-order valence-corrected chi connectivity index (χ1v) is 11.1. The molecule has 0 radical (unpaired) electrons. The first kappa shape index (κ1) is 24.9. The molecule has 2 heterocycles. The Hall–Kier alpha value is -0.160. The van der Waals surface area contributed by atoms with Crippen molar-refractivity contribution in [1.29, 1.82) is 0 Å². The molecule has 27 heavy (non-hydrogen) atoms. The number of hydrogen-bond donors (Lipinski definition) is 0. The van der Waals surface area contributed by atoms with Gasteiger partial charge in [0, 0.05) is 12.8 Å². The average Bonchev–Trinajstić information content (AvgIpc) is 2.53. The van der Waals surface area contributed by atoms with Crippen LogP contribution in [0.25, 0.3) is 0 Å². The van der Waals surface area contributed by atoms with Crippen molar-refractivity contribution >= 4 is 0 Å². The predicted molar refractivity (Wildman–Crippen MR) is 112 cm³/mol. The van der Waals surface area contributed by atoms with E-state index in [1.807, 2.05) is 13.8 Å². The molecule has 0 bridgehead atoms. The van der Waals surface area contributed by atoms with E-state index < -0.39 is 0 Å². The van der Waals surface area contributed by atoms with E-state index in [0.29, 0.717) is 48.1 Å². The summed E-state index contributed by atoms with van der Waals surface area (Å²) >= 11 is 0. The Bertz CT molecular complexity index is 376. The van der Waals surface area contributed by atoms with Crippen LogP contribution in [0.15, 0.2) is 0 Å². The molecule has 2 fully saturated rings. The summed E-state index contributed by atoms with van der Waals surface area (Å²) in [4.78, 5) is 0. The van der Waals surface area contributed by atoms with Crippen LogP contribution in [0.4, 0.5) is 0 Å². The monoisotopic (exact) mass is 386 g/mol. The fourth-order valence-electron chi connectivity index (χ4n) is 3.75. The Morgan fingerprint density at radius 2 is 0.963 bits per heavy atom. The smallest absolute Gasteiger partial charge is 0.155 e. The van der Waals surface area contributed by atoms with Gasteiger partial charge in [0.2, 0.25) is 0 Å². The summed E-state index contributed by atoms with van der Waals surface area (Å²) in [7, 11) is 0. The van der Waals surface area contributed by atoms with Gasteiger partial charge >= 0.3 is 0 Å². The van der Waals surface area contributed by atoms with Crippen LogP contribution < -0.4 is 0 Å². The van der Waals surface area contributed by atoms with Crippen molar-refractivity contribution < 1.29 is 18.9 Å². The third-order valence-corrected chi connectivity index (χ3v) is 5.41. The topological polar surface area (TPSA) is 36.9 Å². The van der Waals surface area contributed by atoms with Gasteiger partial charge in [-0.25, -0.2) is 0 Å². The van der Waals surface area contributed by atoms with Gasteiger partial charge in [-0.2, -0.15) is 0 Å². The van der Waals surface area contributed by atoms with Crippen LogP contribution in [-0.4, -0.2) is 37.0 Å². The summed E-state index contributed by atoms with van der Waals surface area (Å²) < 4.78 is 22.9. The molecule has 5 atom stereocenters. The first-order valence-electron chi connectivity index (χ1n) is 11.1. The van der Waals surface area contributed by atoms with E-state index in [1.54, 1.807) is 0 Å².